The van der Waals surface area contributed by atoms with Crippen LogP contribution in [-0.4, -0.2) is 15.3 Å². The summed E-state index contributed by atoms with van der Waals surface area (Å²) in [6.07, 6.45) is 7.31. The lowest BCUT2D eigenvalue weighted by atomic mass is 9.82. The molecule has 3 rings (SSSR count). The van der Waals surface area contributed by atoms with Crippen molar-refractivity contribution in [3.05, 3.63) is 23.9 Å². The third-order valence-electron chi connectivity index (χ3n) is 4.37. The summed E-state index contributed by atoms with van der Waals surface area (Å²) < 4.78 is 0. The maximum absolute atomic E-state index is 9.50. The van der Waals surface area contributed by atoms with Crippen LogP contribution in [0.4, 0.5) is 0 Å². The molecule has 1 saturated carbocycles. The molecular weight excluding hydrogens is 250 g/mol. The molecule has 1 aromatic carbocycles. The van der Waals surface area contributed by atoms with Crippen LogP contribution in [0.25, 0.3) is 10.9 Å². The average molecular weight is 269 g/mol. The van der Waals surface area contributed by atoms with E-state index in [4.69, 9.17) is 0 Å². The van der Waals surface area contributed by atoms with Gasteiger partial charge in [-0.1, -0.05) is 32.1 Å². The monoisotopic (exact) mass is 269 g/mol. The molecule has 1 atom stereocenters. The van der Waals surface area contributed by atoms with Gasteiger partial charge in [0.2, 0.25) is 0 Å². The molecule has 2 N–H and O–H groups in total. The molecule has 0 bridgehead atoms. The molecule has 2 aromatic rings. The van der Waals surface area contributed by atoms with Gasteiger partial charge >= 0.3 is 0 Å². The van der Waals surface area contributed by atoms with Crippen LogP contribution in [0.1, 0.15) is 50.1 Å². The molecule has 0 saturated heterocycles. The number of aromatic hydroxyl groups is 1. The van der Waals surface area contributed by atoms with E-state index in [-0.39, 0.29) is 11.7 Å². The Kier molecular flexibility index (Phi) is 3.60. The fraction of sp³-hybridized carbons (Fsp3) is 0.500. The van der Waals surface area contributed by atoms with Gasteiger partial charge in [0.25, 0.3) is 0 Å². The molecule has 0 aliphatic heterocycles. The van der Waals surface area contributed by atoms with E-state index in [9.17, 15) is 10.4 Å². The number of benzene rings is 1. The summed E-state index contributed by atoms with van der Waals surface area (Å²) in [5.74, 6) is 0.729. The molecule has 0 radical (unpaired) electrons. The zero-order valence-corrected chi connectivity index (χ0v) is 11.5. The van der Waals surface area contributed by atoms with E-state index in [2.05, 4.69) is 16.3 Å². The first-order valence-corrected chi connectivity index (χ1v) is 7.34. The maximum Gasteiger partial charge on any atom is 0.117 e. The lowest BCUT2D eigenvalue weighted by Crippen LogP contribution is -2.11. The fourth-order valence-electron chi connectivity index (χ4n) is 3.28. The number of rotatable bonds is 3. The standard InChI is InChI=1S/C16H19N3O/c17-10-12(8-11-4-2-1-3-5-11)16-14-7-6-13(20)9-15(14)18-19-16/h6-7,9,11-12,20H,1-5,8H2,(H,18,19)/t12-/m0/s1. The Labute approximate surface area is 118 Å². The van der Waals surface area contributed by atoms with E-state index in [0.717, 1.165) is 23.0 Å². The van der Waals surface area contributed by atoms with E-state index in [1.165, 1.54) is 32.1 Å². The van der Waals surface area contributed by atoms with Crippen LogP contribution in [-0.2, 0) is 0 Å². The second-order valence-corrected chi connectivity index (χ2v) is 5.76. The number of nitriles is 1. The molecule has 0 spiro atoms. The minimum atomic E-state index is -0.132. The summed E-state index contributed by atoms with van der Waals surface area (Å²) >= 11 is 0. The summed E-state index contributed by atoms with van der Waals surface area (Å²) in [4.78, 5) is 0. The normalized spacial score (nSPS) is 17.9. The van der Waals surface area contributed by atoms with Crippen molar-refractivity contribution in [1.29, 1.82) is 5.26 Å². The van der Waals surface area contributed by atoms with Gasteiger partial charge in [-0.15, -0.1) is 0 Å². The minimum Gasteiger partial charge on any atom is -0.508 e. The van der Waals surface area contributed by atoms with E-state index in [1.807, 2.05) is 6.07 Å². The second-order valence-electron chi connectivity index (χ2n) is 5.76. The Bertz CT molecular complexity index is 635. The molecule has 4 heteroatoms. The molecule has 0 unspecified atom stereocenters. The van der Waals surface area contributed by atoms with Gasteiger partial charge in [0.15, 0.2) is 0 Å². The molecule has 4 nitrogen and oxygen atoms in total. The van der Waals surface area contributed by atoms with Gasteiger partial charge in [-0.25, -0.2) is 0 Å². The summed E-state index contributed by atoms with van der Waals surface area (Å²) in [5.41, 5.74) is 1.62. The molecule has 1 fully saturated rings. The van der Waals surface area contributed by atoms with Crippen molar-refractivity contribution in [3.8, 4) is 11.8 Å². The fourth-order valence-corrected chi connectivity index (χ4v) is 3.28. The first-order valence-electron chi connectivity index (χ1n) is 7.34. The zero-order chi connectivity index (χ0) is 13.9. The highest BCUT2D eigenvalue weighted by Crippen LogP contribution is 2.34. The van der Waals surface area contributed by atoms with Crippen LogP contribution < -0.4 is 0 Å². The van der Waals surface area contributed by atoms with Gasteiger partial charge in [0.1, 0.15) is 5.75 Å². The molecule has 104 valence electrons. The zero-order valence-electron chi connectivity index (χ0n) is 11.5. The van der Waals surface area contributed by atoms with Crippen LogP contribution in [0, 0.1) is 17.2 Å². The molecular formula is C16H19N3O. The number of phenolic OH excluding ortho intramolecular Hbond substituents is 1. The predicted octanol–water partition coefficient (Wildman–Crippen LogP) is 3.85. The number of aromatic amines is 1. The second kappa shape index (κ2) is 5.54. The van der Waals surface area contributed by atoms with Crippen LogP contribution in [0.3, 0.4) is 0 Å². The molecule has 1 aliphatic carbocycles. The van der Waals surface area contributed by atoms with Crippen molar-refractivity contribution in [2.45, 2.75) is 44.4 Å². The quantitative estimate of drug-likeness (QED) is 0.889. The summed E-state index contributed by atoms with van der Waals surface area (Å²) in [5, 5.41) is 27.1. The van der Waals surface area contributed by atoms with E-state index < -0.39 is 0 Å². The molecule has 1 aromatic heterocycles. The number of hydrogen-bond donors (Lipinski definition) is 2. The number of phenols is 1. The molecule has 20 heavy (non-hydrogen) atoms. The molecule has 1 aliphatic rings. The van der Waals surface area contributed by atoms with Gasteiger partial charge in [-0.05, 0) is 24.5 Å². The Morgan fingerprint density at radius 1 is 1.35 bits per heavy atom. The number of nitrogens with zero attached hydrogens (tertiary/aromatic N) is 2. The van der Waals surface area contributed by atoms with Gasteiger partial charge in [-0.2, -0.15) is 10.4 Å². The lowest BCUT2D eigenvalue weighted by molar-refractivity contribution is 0.330. The van der Waals surface area contributed by atoms with Gasteiger partial charge in [-0.3, -0.25) is 5.10 Å². The highest BCUT2D eigenvalue weighted by Gasteiger charge is 2.23. The van der Waals surface area contributed by atoms with Gasteiger partial charge in [0.05, 0.1) is 23.2 Å². The van der Waals surface area contributed by atoms with Gasteiger partial charge < -0.3 is 5.11 Å². The SMILES string of the molecule is N#C[C@H](CC1CCCCC1)c1[nH]nc2cc(O)ccc12. The van der Waals surface area contributed by atoms with Crippen molar-refractivity contribution < 1.29 is 5.11 Å². The van der Waals surface area contributed by atoms with Crippen molar-refractivity contribution in [3.63, 3.8) is 0 Å². The van der Waals surface area contributed by atoms with Crippen LogP contribution in [0.15, 0.2) is 18.2 Å². The van der Waals surface area contributed by atoms with Crippen LogP contribution in [0.2, 0.25) is 0 Å². The Hall–Kier alpha value is -2.02. The maximum atomic E-state index is 9.50. The van der Waals surface area contributed by atoms with Crippen molar-refractivity contribution in [2.24, 2.45) is 5.92 Å². The summed E-state index contributed by atoms with van der Waals surface area (Å²) in [6, 6.07) is 7.55. The van der Waals surface area contributed by atoms with Crippen molar-refractivity contribution in [2.75, 3.05) is 0 Å². The van der Waals surface area contributed by atoms with Crippen molar-refractivity contribution in [1.82, 2.24) is 10.2 Å². The number of aromatic nitrogens is 2. The summed E-state index contributed by atoms with van der Waals surface area (Å²) in [6.45, 7) is 0. The largest absolute Gasteiger partial charge is 0.508 e. The Balaban J connectivity index is 1.85. The predicted molar refractivity (Wildman–Crippen MR) is 77.3 cm³/mol. The number of H-pyrrole nitrogens is 1. The topological polar surface area (TPSA) is 72.7 Å². The van der Waals surface area contributed by atoms with Crippen LogP contribution in [0.5, 0.6) is 5.75 Å². The summed E-state index contributed by atoms with van der Waals surface area (Å²) in [7, 11) is 0. The van der Waals surface area contributed by atoms with Crippen LogP contribution >= 0.6 is 0 Å². The number of fused-ring (bicyclic) bond motifs is 1. The number of nitrogens with one attached hydrogen (secondary N) is 1. The third-order valence-corrected chi connectivity index (χ3v) is 4.37. The lowest BCUT2D eigenvalue weighted by Gasteiger charge is -2.23. The van der Waals surface area contributed by atoms with Gasteiger partial charge in [0, 0.05) is 11.5 Å². The highest BCUT2D eigenvalue weighted by atomic mass is 16.3. The highest BCUT2D eigenvalue weighted by molar-refractivity contribution is 5.83. The van der Waals surface area contributed by atoms with E-state index in [0.29, 0.717) is 5.92 Å². The third kappa shape index (κ3) is 2.49. The van der Waals surface area contributed by atoms with E-state index >= 15 is 0 Å². The molecule has 0 amide bonds. The first kappa shape index (κ1) is 13.0. The minimum absolute atomic E-state index is 0.132. The average Bonchev–Trinajstić information content (AvgIpc) is 2.88. The van der Waals surface area contributed by atoms with Crippen molar-refractivity contribution >= 4 is 10.9 Å². The first-order chi connectivity index (χ1) is 9.78. The number of hydrogen-bond acceptors (Lipinski definition) is 3. The smallest absolute Gasteiger partial charge is 0.117 e. The van der Waals surface area contributed by atoms with E-state index in [1.54, 1.807) is 12.1 Å². The Morgan fingerprint density at radius 2 is 2.15 bits per heavy atom. The molecule has 1 heterocycles. The Morgan fingerprint density at radius 3 is 2.90 bits per heavy atom.